The maximum absolute atomic E-state index is 12.5. The van der Waals surface area contributed by atoms with E-state index in [4.69, 9.17) is 5.73 Å². The SMILES string of the molecule is CC(=O)N(/C=C(/C#N)C(=O)Nc1c(C)cccc1C(C)C)CCN. The summed E-state index contributed by atoms with van der Waals surface area (Å²) in [6, 6.07) is 7.62. The molecular formula is C18H24N4O2. The lowest BCUT2D eigenvalue weighted by Crippen LogP contribution is -2.30. The summed E-state index contributed by atoms with van der Waals surface area (Å²) in [4.78, 5) is 25.3. The molecule has 0 unspecified atom stereocenters. The average Bonchev–Trinajstić information content (AvgIpc) is 2.52. The minimum atomic E-state index is -0.544. The Balaban J connectivity index is 3.13. The Morgan fingerprint density at radius 1 is 1.42 bits per heavy atom. The van der Waals surface area contributed by atoms with Crippen molar-refractivity contribution in [2.24, 2.45) is 5.73 Å². The van der Waals surface area contributed by atoms with Gasteiger partial charge in [-0.3, -0.25) is 9.59 Å². The second-order valence-electron chi connectivity index (χ2n) is 5.80. The van der Waals surface area contributed by atoms with Crippen LogP contribution < -0.4 is 11.1 Å². The molecule has 6 nitrogen and oxygen atoms in total. The summed E-state index contributed by atoms with van der Waals surface area (Å²) in [6.45, 7) is 7.81. The van der Waals surface area contributed by atoms with Gasteiger partial charge in [-0.1, -0.05) is 32.0 Å². The van der Waals surface area contributed by atoms with Gasteiger partial charge in [-0.05, 0) is 24.0 Å². The van der Waals surface area contributed by atoms with Crippen molar-refractivity contribution in [3.05, 3.63) is 41.1 Å². The number of nitrogens with zero attached hydrogens (tertiary/aromatic N) is 2. The number of aryl methyl sites for hydroxylation is 1. The summed E-state index contributed by atoms with van der Waals surface area (Å²) in [6.07, 6.45) is 1.25. The molecule has 128 valence electrons. The number of hydrogen-bond acceptors (Lipinski definition) is 4. The maximum atomic E-state index is 12.5. The van der Waals surface area contributed by atoms with Crippen LogP contribution in [0.2, 0.25) is 0 Å². The Morgan fingerprint density at radius 2 is 2.08 bits per heavy atom. The average molecular weight is 328 g/mol. The highest BCUT2D eigenvalue weighted by Gasteiger charge is 2.17. The van der Waals surface area contributed by atoms with Crippen LogP contribution in [0.25, 0.3) is 0 Å². The maximum Gasteiger partial charge on any atom is 0.267 e. The van der Waals surface area contributed by atoms with Crippen LogP contribution in [0.15, 0.2) is 30.0 Å². The molecule has 0 aliphatic heterocycles. The molecule has 0 bridgehead atoms. The summed E-state index contributed by atoms with van der Waals surface area (Å²) < 4.78 is 0. The Morgan fingerprint density at radius 3 is 2.58 bits per heavy atom. The van der Waals surface area contributed by atoms with E-state index in [2.05, 4.69) is 5.32 Å². The van der Waals surface area contributed by atoms with Crippen LogP contribution in [0, 0.1) is 18.3 Å². The van der Waals surface area contributed by atoms with Gasteiger partial charge < -0.3 is 16.0 Å². The second kappa shape index (κ2) is 8.85. The van der Waals surface area contributed by atoms with Crippen molar-refractivity contribution in [2.45, 2.75) is 33.6 Å². The first kappa shape index (κ1) is 19.4. The molecule has 1 aromatic rings. The molecule has 0 saturated heterocycles. The van der Waals surface area contributed by atoms with Crippen LogP contribution in [0.1, 0.15) is 37.8 Å². The van der Waals surface area contributed by atoms with Gasteiger partial charge in [-0.2, -0.15) is 5.26 Å². The van der Waals surface area contributed by atoms with Crippen LogP contribution in [0.3, 0.4) is 0 Å². The van der Waals surface area contributed by atoms with E-state index in [1.807, 2.05) is 45.0 Å². The van der Waals surface area contributed by atoms with Crippen molar-refractivity contribution in [1.82, 2.24) is 4.90 Å². The van der Waals surface area contributed by atoms with Crippen molar-refractivity contribution in [3.8, 4) is 6.07 Å². The second-order valence-corrected chi connectivity index (χ2v) is 5.80. The van der Waals surface area contributed by atoms with Gasteiger partial charge in [0.2, 0.25) is 5.91 Å². The number of rotatable bonds is 6. The zero-order chi connectivity index (χ0) is 18.3. The molecule has 0 saturated carbocycles. The van der Waals surface area contributed by atoms with E-state index in [1.165, 1.54) is 18.0 Å². The van der Waals surface area contributed by atoms with Crippen molar-refractivity contribution < 1.29 is 9.59 Å². The monoisotopic (exact) mass is 328 g/mol. The normalized spacial score (nSPS) is 11.1. The van der Waals surface area contributed by atoms with E-state index in [0.717, 1.165) is 11.1 Å². The zero-order valence-electron chi connectivity index (χ0n) is 14.6. The summed E-state index contributed by atoms with van der Waals surface area (Å²) in [5.41, 5.74) is 7.91. The first-order valence-electron chi connectivity index (χ1n) is 7.81. The number of carbonyl (C=O) groups excluding carboxylic acids is 2. The van der Waals surface area contributed by atoms with Crippen LogP contribution >= 0.6 is 0 Å². The number of carbonyl (C=O) groups is 2. The molecule has 24 heavy (non-hydrogen) atoms. The number of para-hydroxylation sites is 1. The standard InChI is InChI=1S/C18H24N4O2/c1-12(2)16-7-5-6-13(3)17(16)21-18(24)15(10-20)11-22(9-8-19)14(4)23/h5-7,11-12H,8-9,19H2,1-4H3,(H,21,24)/b15-11-. The molecule has 0 heterocycles. The van der Waals surface area contributed by atoms with Gasteiger partial charge in [0.1, 0.15) is 11.6 Å². The Labute approximate surface area is 142 Å². The Bertz CT molecular complexity index is 687. The summed E-state index contributed by atoms with van der Waals surface area (Å²) in [5.74, 6) is -0.600. The quantitative estimate of drug-likeness (QED) is 0.618. The van der Waals surface area contributed by atoms with Crippen LogP contribution in [0.5, 0.6) is 0 Å². The number of nitriles is 1. The van der Waals surface area contributed by atoms with Crippen molar-refractivity contribution in [3.63, 3.8) is 0 Å². The van der Waals surface area contributed by atoms with E-state index in [9.17, 15) is 14.9 Å². The van der Waals surface area contributed by atoms with Crippen molar-refractivity contribution >= 4 is 17.5 Å². The minimum Gasteiger partial charge on any atom is -0.329 e. The summed E-state index contributed by atoms with van der Waals surface area (Å²) in [7, 11) is 0. The van der Waals surface area contributed by atoms with E-state index in [-0.39, 0.29) is 30.5 Å². The van der Waals surface area contributed by atoms with Gasteiger partial charge >= 0.3 is 0 Å². The third-order valence-corrected chi connectivity index (χ3v) is 3.59. The summed E-state index contributed by atoms with van der Waals surface area (Å²) in [5, 5.41) is 12.1. The molecule has 1 aromatic carbocycles. The molecule has 0 aliphatic rings. The summed E-state index contributed by atoms with van der Waals surface area (Å²) >= 11 is 0. The van der Waals surface area contributed by atoms with E-state index >= 15 is 0 Å². The predicted octanol–water partition coefficient (Wildman–Crippen LogP) is 2.27. The van der Waals surface area contributed by atoms with Crippen molar-refractivity contribution in [2.75, 3.05) is 18.4 Å². The zero-order valence-corrected chi connectivity index (χ0v) is 14.6. The highest BCUT2D eigenvalue weighted by atomic mass is 16.2. The molecule has 0 aliphatic carbocycles. The van der Waals surface area contributed by atoms with Crippen LogP contribution in [0.4, 0.5) is 5.69 Å². The first-order valence-corrected chi connectivity index (χ1v) is 7.81. The van der Waals surface area contributed by atoms with E-state index < -0.39 is 5.91 Å². The molecule has 3 N–H and O–H groups in total. The fourth-order valence-corrected chi connectivity index (χ4v) is 2.27. The van der Waals surface area contributed by atoms with Crippen molar-refractivity contribution in [1.29, 1.82) is 5.26 Å². The lowest BCUT2D eigenvalue weighted by Gasteiger charge is -2.18. The fourth-order valence-electron chi connectivity index (χ4n) is 2.27. The minimum absolute atomic E-state index is 0.142. The number of nitrogens with two attached hydrogens (primary N) is 1. The van der Waals surface area contributed by atoms with Crippen LogP contribution in [-0.2, 0) is 9.59 Å². The number of benzene rings is 1. The molecule has 2 amide bonds. The predicted molar refractivity (Wildman–Crippen MR) is 94.0 cm³/mol. The topological polar surface area (TPSA) is 99.2 Å². The highest BCUT2D eigenvalue weighted by molar-refractivity contribution is 6.07. The molecule has 1 rings (SSSR count). The van der Waals surface area contributed by atoms with Gasteiger partial charge in [-0.15, -0.1) is 0 Å². The molecule has 0 spiro atoms. The van der Waals surface area contributed by atoms with Gasteiger partial charge in [0.15, 0.2) is 0 Å². The first-order chi connectivity index (χ1) is 11.3. The molecule has 0 radical (unpaired) electrons. The molecule has 6 heteroatoms. The fraction of sp³-hybridized carbons (Fsp3) is 0.389. The van der Waals surface area contributed by atoms with E-state index in [0.29, 0.717) is 5.69 Å². The van der Waals surface area contributed by atoms with Gasteiger partial charge in [0.05, 0.1) is 0 Å². The van der Waals surface area contributed by atoms with Gasteiger partial charge in [0, 0.05) is 31.9 Å². The number of hydrogen-bond donors (Lipinski definition) is 2. The lowest BCUT2D eigenvalue weighted by atomic mass is 9.98. The third-order valence-electron chi connectivity index (χ3n) is 3.59. The van der Waals surface area contributed by atoms with Gasteiger partial charge in [-0.25, -0.2) is 0 Å². The largest absolute Gasteiger partial charge is 0.329 e. The smallest absolute Gasteiger partial charge is 0.267 e. The number of amides is 2. The Kier molecular flexibility index (Phi) is 7.15. The number of nitrogens with one attached hydrogen (secondary N) is 1. The molecule has 0 atom stereocenters. The Hall–Kier alpha value is -2.65. The highest BCUT2D eigenvalue weighted by Crippen LogP contribution is 2.27. The molecule has 0 fully saturated rings. The van der Waals surface area contributed by atoms with Gasteiger partial charge in [0.25, 0.3) is 5.91 Å². The van der Waals surface area contributed by atoms with E-state index in [1.54, 1.807) is 0 Å². The van der Waals surface area contributed by atoms with Crippen LogP contribution in [-0.4, -0.2) is 29.8 Å². The molecule has 0 aromatic heterocycles. The molecular weight excluding hydrogens is 304 g/mol. The third kappa shape index (κ3) is 4.93. The number of anilines is 1. The lowest BCUT2D eigenvalue weighted by molar-refractivity contribution is -0.126.